The number of anilines is 1. The van der Waals surface area contributed by atoms with E-state index in [0.717, 1.165) is 5.70 Å². The summed E-state index contributed by atoms with van der Waals surface area (Å²) in [6.07, 6.45) is 4.90. The number of carbonyl (C=O) groups is 1. The summed E-state index contributed by atoms with van der Waals surface area (Å²) in [5, 5.41) is 19.0. The lowest BCUT2D eigenvalue weighted by molar-refractivity contribution is -0.402. The van der Waals surface area contributed by atoms with Gasteiger partial charge in [0.2, 0.25) is 11.1 Å². The molecule has 2 atom stereocenters. The Bertz CT molecular complexity index is 870. The van der Waals surface area contributed by atoms with Gasteiger partial charge in [0.1, 0.15) is 22.5 Å². The van der Waals surface area contributed by atoms with Crippen molar-refractivity contribution in [3.05, 3.63) is 39.8 Å². The second-order valence-electron chi connectivity index (χ2n) is 5.51. The van der Waals surface area contributed by atoms with Crippen LogP contribution in [0.2, 0.25) is 0 Å². The summed E-state index contributed by atoms with van der Waals surface area (Å²) < 4.78 is 6.96. The fourth-order valence-corrected chi connectivity index (χ4v) is 3.47. The third-order valence-corrected chi connectivity index (χ3v) is 4.69. The Kier molecular flexibility index (Phi) is 3.41. The summed E-state index contributed by atoms with van der Waals surface area (Å²) in [5.41, 5.74) is 0.753. The van der Waals surface area contributed by atoms with Crippen molar-refractivity contribution in [1.29, 1.82) is 0 Å². The highest BCUT2D eigenvalue weighted by atomic mass is 32.2. The maximum absolute atomic E-state index is 12.5. The minimum atomic E-state index is -0.598. The van der Waals surface area contributed by atoms with Crippen molar-refractivity contribution < 1.29 is 14.1 Å². The zero-order chi connectivity index (χ0) is 16.8. The molecular formula is C14H13N5O4S. The lowest BCUT2D eigenvalue weighted by Gasteiger charge is -2.34. The van der Waals surface area contributed by atoms with E-state index in [4.69, 9.17) is 4.42 Å². The SMILES string of the molecule is CSc1nc2n(n1)[C@@H](c1ccc([N+](=O)[O-])o1)[C@@H]1C(=O)CCC=C1N2. The van der Waals surface area contributed by atoms with Crippen LogP contribution in [-0.2, 0) is 4.79 Å². The molecule has 10 heteroatoms. The number of furan rings is 1. The summed E-state index contributed by atoms with van der Waals surface area (Å²) >= 11 is 1.38. The highest BCUT2D eigenvalue weighted by Crippen LogP contribution is 2.42. The first-order chi connectivity index (χ1) is 11.6. The van der Waals surface area contributed by atoms with Crippen molar-refractivity contribution in [3.8, 4) is 0 Å². The number of nitrogens with one attached hydrogen (secondary N) is 1. The predicted molar refractivity (Wildman–Crippen MR) is 84.7 cm³/mol. The van der Waals surface area contributed by atoms with Gasteiger partial charge in [-0.15, -0.1) is 5.10 Å². The molecule has 0 radical (unpaired) electrons. The van der Waals surface area contributed by atoms with E-state index in [1.807, 2.05) is 12.3 Å². The van der Waals surface area contributed by atoms with Crippen LogP contribution < -0.4 is 5.32 Å². The molecule has 1 aliphatic carbocycles. The lowest BCUT2D eigenvalue weighted by atomic mass is 9.83. The number of rotatable bonds is 3. The van der Waals surface area contributed by atoms with Crippen molar-refractivity contribution in [2.45, 2.75) is 24.0 Å². The molecule has 1 N–H and O–H groups in total. The van der Waals surface area contributed by atoms with E-state index in [9.17, 15) is 14.9 Å². The summed E-state index contributed by atoms with van der Waals surface area (Å²) in [6, 6.07) is 2.24. The van der Waals surface area contributed by atoms with Gasteiger partial charge in [-0.1, -0.05) is 17.8 Å². The summed E-state index contributed by atoms with van der Waals surface area (Å²) in [6.45, 7) is 0. The molecule has 0 saturated heterocycles. The second-order valence-corrected chi connectivity index (χ2v) is 6.29. The van der Waals surface area contributed by atoms with Crippen LogP contribution in [0.25, 0.3) is 0 Å². The van der Waals surface area contributed by atoms with Crippen molar-refractivity contribution >= 4 is 29.4 Å². The number of nitro groups is 1. The first kappa shape index (κ1) is 14.9. The van der Waals surface area contributed by atoms with Gasteiger partial charge in [0.25, 0.3) is 0 Å². The molecule has 0 amide bonds. The average Bonchev–Trinajstić information content (AvgIpc) is 3.19. The smallest absolute Gasteiger partial charge is 0.403 e. The van der Waals surface area contributed by atoms with Crippen molar-refractivity contribution in [2.24, 2.45) is 5.92 Å². The number of carbonyl (C=O) groups excluding carboxylic acids is 1. The Morgan fingerprint density at radius 3 is 3.04 bits per heavy atom. The number of nitrogens with zero attached hydrogens (tertiary/aromatic N) is 4. The van der Waals surface area contributed by atoms with Gasteiger partial charge in [0.15, 0.2) is 0 Å². The summed E-state index contributed by atoms with van der Waals surface area (Å²) in [7, 11) is 0. The minimum absolute atomic E-state index is 0.0518. The summed E-state index contributed by atoms with van der Waals surface area (Å²) in [5.74, 6) is 0.0159. The Morgan fingerprint density at radius 2 is 2.33 bits per heavy atom. The number of hydrogen-bond acceptors (Lipinski definition) is 8. The van der Waals surface area contributed by atoms with E-state index < -0.39 is 16.9 Å². The Balaban J connectivity index is 1.87. The molecule has 0 fully saturated rings. The van der Waals surface area contributed by atoms with E-state index in [1.165, 1.54) is 23.9 Å². The van der Waals surface area contributed by atoms with Crippen molar-refractivity contribution in [2.75, 3.05) is 11.6 Å². The van der Waals surface area contributed by atoms with Gasteiger partial charge in [-0.25, -0.2) is 4.68 Å². The quantitative estimate of drug-likeness (QED) is 0.511. The second kappa shape index (κ2) is 5.48. The van der Waals surface area contributed by atoms with E-state index in [1.54, 1.807) is 4.68 Å². The zero-order valence-electron chi connectivity index (χ0n) is 12.6. The van der Waals surface area contributed by atoms with Gasteiger partial charge < -0.3 is 9.73 Å². The molecular weight excluding hydrogens is 334 g/mol. The molecule has 2 aromatic rings. The molecule has 124 valence electrons. The largest absolute Gasteiger partial charge is 0.433 e. The van der Waals surface area contributed by atoms with Gasteiger partial charge in [-0.05, 0) is 18.7 Å². The minimum Gasteiger partial charge on any atom is -0.403 e. The van der Waals surface area contributed by atoms with Crippen LogP contribution in [0.3, 0.4) is 0 Å². The van der Waals surface area contributed by atoms with Crippen LogP contribution in [0.4, 0.5) is 11.8 Å². The molecule has 3 heterocycles. The third kappa shape index (κ3) is 2.21. The molecule has 0 aromatic carbocycles. The highest BCUT2D eigenvalue weighted by molar-refractivity contribution is 7.98. The molecule has 0 bridgehead atoms. The zero-order valence-corrected chi connectivity index (χ0v) is 13.4. The van der Waals surface area contributed by atoms with E-state index >= 15 is 0 Å². The van der Waals surface area contributed by atoms with Gasteiger partial charge in [0.05, 0.1) is 12.0 Å². The van der Waals surface area contributed by atoms with Gasteiger partial charge in [0, 0.05) is 12.1 Å². The standard InChI is InChI=1S/C14H13N5O4S/c1-24-14-16-13-15-7-3-2-4-8(20)11(7)12(18(13)17-14)9-5-6-10(23-9)19(21)22/h3,5-6,11-12H,2,4H2,1H3,(H,15,16,17)/t11-,12-/m0/s1. The van der Waals surface area contributed by atoms with Crippen LogP contribution in [0.15, 0.2) is 33.5 Å². The van der Waals surface area contributed by atoms with Crippen molar-refractivity contribution in [3.63, 3.8) is 0 Å². The normalized spacial score (nSPS) is 22.4. The Labute approximate surface area is 140 Å². The number of Topliss-reactive ketones (excluding diaryl/α,β-unsaturated/α-hetero) is 1. The summed E-state index contributed by atoms with van der Waals surface area (Å²) in [4.78, 5) is 27.2. The maximum Gasteiger partial charge on any atom is 0.433 e. The van der Waals surface area contributed by atoms with Gasteiger partial charge in [-0.2, -0.15) is 4.98 Å². The molecule has 0 spiro atoms. The highest BCUT2D eigenvalue weighted by Gasteiger charge is 2.43. The van der Waals surface area contributed by atoms with Crippen LogP contribution in [0.5, 0.6) is 0 Å². The number of fused-ring (bicyclic) bond motifs is 2. The molecule has 2 aromatic heterocycles. The third-order valence-electron chi connectivity index (χ3n) is 4.15. The fraction of sp³-hybridized carbons (Fsp3) is 0.357. The first-order valence-electron chi connectivity index (χ1n) is 7.33. The van der Waals surface area contributed by atoms with E-state index in [0.29, 0.717) is 29.7 Å². The molecule has 0 unspecified atom stereocenters. The molecule has 9 nitrogen and oxygen atoms in total. The van der Waals surface area contributed by atoms with Crippen LogP contribution in [0, 0.1) is 16.0 Å². The Morgan fingerprint density at radius 1 is 1.50 bits per heavy atom. The lowest BCUT2D eigenvalue weighted by Crippen LogP contribution is -2.38. The monoisotopic (exact) mass is 347 g/mol. The topological polar surface area (TPSA) is 116 Å². The fourth-order valence-electron chi connectivity index (χ4n) is 3.12. The maximum atomic E-state index is 12.5. The van der Waals surface area contributed by atoms with Crippen LogP contribution >= 0.6 is 11.8 Å². The number of hydrogen-bond donors (Lipinski definition) is 1. The average molecular weight is 347 g/mol. The molecule has 4 rings (SSSR count). The van der Waals surface area contributed by atoms with E-state index in [2.05, 4.69) is 15.4 Å². The molecule has 1 aliphatic heterocycles. The van der Waals surface area contributed by atoms with Crippen LogP contribution in [-0.4, -0.2) is 31.7 Å². The number of ketones is 1. The van der Waals surface area contributed by atoms with Crippen LogP contribution in [0.1, 0.15) is 24.6 Å². The number of allylic oxidation sites excluding steroid dienone is 2. The van der Waals surface area contributed by atoms with Gasteiger partial charge in [-0.3, -0.25) is 14.9 Å². The van der Waals surface area contributed by atoms with Gasteiger partial charge >= 0.3 is 5.88 Å². The predicted octanol–water partition coefficient (Wildman–Crippen LogP) is 2.38. The van der Waals surface area contributed by atoms with E-state index in [-0.39, 0.29) is 11.7 Å². The number of thioether (sulfide) groups is 1. The number of aromatic nitrogens is 3. The molecule has 2 aliphatic rings. The molecule has 24 heavy (non-hydrogen) atoms. The Hall–Kier alpha value is -2.62. The van der Waals surface area contributed by atoms with Crippen molar-refractivity contribution in [1.82, 2.24) is 14.8 Å². The first-order valence-corrected chi connectivity index (χ1v) is 8.55. The molecule has 0 saturated carbocycles.